The average Bonchev–Trinajstić information content (AvgIpc) is 2.39. The largest absolute Gasteiger partial charge is 0.378 e. The van der Waals surface area contributed by atoms with Gasteiger partial charge in [0.25, 0.3) is 0 Å². The summed E-state index contributed by atoms with van der Waals surface area (Å²) in [5.41, 5.74) is 3.11. The van der Waals surface area contributed by atoms with Crippen LogP contribution in [-0.4, -0.2) is 31.3 Å². The van der Waals surface area contributed by atoms with Crippen LogP contribution in [0.4, 0.5) is 5.69 Å². The molecule has 94 valence electrons. The van der Waals surface area contributed by atoms with Crippen LogP contribution in [0.15, 0.2) is 24.3 Å². The van der Waals surface area contributed by atoms with Crippen LogP contribution in [0.25, 0.3) is 10.9 Å². The molecule has 4 heteroatoms. The molecule has 1 aliphatic heterocycles. The number of rotatable bonds is 1. The third-order valence-electron chi connectivity index (χ3n) is 3.25. The first-order chi connectivity index (χ1) is 8.74. The maximum atomic E-state index is 6.23. The lowest BCUT2D eigenvalue weighted by Crippen LogP contribution is -2.36. The third kappa shape index (κ3) is 2.16. The van der Waals surface area contributed by atoms with Gasteiger partial charge in [-0.15, -0.1) is 0 Å². The van der Waals surface area contributed by atoms with E-state index in [1.54, 1.807) is 0 Å². The van der Waals surface area contributed by atoms with Gasteiger partial charge in [0.2, 0.25) is 0 Å². The van der Waals surface area contributed by atoms with E-state index in [4.69, 9.17) is 16.3 Å². The Hall–Kier alpha value is -1.32. The summed E-state index contributed by atoms with van der Waals surface area (Å²) in [5.74, 6) is 0. The van der Waals surface area contributed by atoms with Gasteiger partial charge in [0.1, 0.15) is 0 Å². The van der Waals surface area contributed by atoms with E-state index in [9.17, 15) is 0 Å². The van der Waals surface area contributed by atoms with Gasteiger partial charge < -0.3 is 9.64 Å². The molecule has 0 N–H and O–H groups in total. The van der Waals surface area contributed by atoms with Gasteiger partial charge in [-0.3, -0.25) is 4.98 Å². The summed E-state index contributed by atoms with van der Waals surface area (Å²) >= 11 is 6.23. The summed E-state index contributed by atoms with van der Waals surface area (Å²) < 4.78 is 5.37. The lowest BCUT2D eigenvalue weighted by atomic mass is 10.1. The van der Waals surface area contributed by atoms with Gasteiger partial charge in [-0.2, -0.15) is 0 Å². The smallest absolute Gasteiger partial charge is 0.0740 e. The molecule has 1 aromatic heterocycles. The minimum atomic E-state index is 0.769. The van der Waals surface area contributed by atoms with Crippen molar-refractivity contribution in [2.24, 2.45) is 0 Å². The molecule has 0 radical (unpaired) electrons. The zero-order valence-electron chi connectivity index (χ0n) is 10.3. The second-order valence-corrected chi connectivity index (χ2v) is 4.95. The number of pyridine rings is 1. The normalized spacial score (nSPS) is 16.2. The molecule has 2 heterocycles. The molecular formula is C14H15ClN2O. The van der Waals surface area contributed by atoms with Crippen LogP contribution < -0.4 is 4.90 Å². The molecule has 1 saturated heterocycles. The minimum Gasteiger partial charge on any atom is -0.378 e. The first-order valence-electron chi connectivity index (χ1n) is 6.13. The maximum Gasteiger partial charge on any atom is 0.0740 e. The van der Waals surface area contributed by atoms with Crippen LogP contribution in [-0.2, 0) is 4.74 Å². The molecule has 3 nitrogen and oxygen atoms in total. The molecule has 0 amide bonds. The summed E-state index contributed by atoms with van der Waals surface area (Å²) in [6.07, 6.45) is 0. The molecule has 0 unspecified atom stereocenters. The molecule has 1 aliphatic rings. The van der Waals surface area contributed by atoms with Crippen molar-refractivity contribution in [2.45, 2.75) is 6.92 Å². The van der Waals surface area contributed by atoms with E-state index in [2.05, 4.69) is 28.1 Å². The van der Waals surface area contributed by atoms with Crippen LogP contribution in [0, 0.1) is 6.92 Å². The van der Waals surface area contributed by atoms with Crippen LogP contribution >= 0.6 is 11.6 Å². The van der Waals surface area contributed by atoms with Crippen molar-refractivity contribution in [1.29, 1.82) is 0 Å². The molecule has 3 rings (SSSR count). The molecule has 1 aromatic carbocycles. The van der Waals surface area contributed by atoms with Crippen LogP contribution in [0.1, 0.15) is 5.69 Å². The Labute approximate surface area is 111 Å². The fourth-order valence-corrected chi connectivity index (χ4v) is 2.63. The Bertz CT molecular complexity index is 579. The lowest BCUT2D eigenvalue weighted by molar-refractivity contribution is 0.122. The molecule has 0 atom stereocenters. The predicted molar refractivity (Wildman–Crippen MR) is 74.5 cm³/mol. The number of nitrogens with zero attached hydrogens (tertiary/aromatic N) is 2. The summed E-state index contributed by atoms with van der Waals surface area (Å²) in [6.45, 7) is 5.42. The Morgan fingerprint density at radius 3 is 2.78 bits per heavy atom. The zero-order chi connectivity index (χ0) is 12.5. The predicted octanol–water partition coefficient (Wildman–Crippen LogP) is 3.03. The van der Waals surface area contributed by atoms with Crippen LogP contribution in [0.2, 0.25) is 5.02 Å². The van der Waals surface area contributed by atoms with Crippen molar-refractivity contribution in [2.75, 3.05) is 31.2 Å². The summed E-state index contributed by atoms with van der Waals surface area (Å²) in [4.78, 5) is 6.87. The number of benzene rings is 1. The number of morpholine rings is 1. The van der Waals surface area contributed by atoms with Gasteiger partial charge in [0.15, 0.2) is 0 Å². The van der Waals surface area contributed by atoms with Crippen molar-refractivity contribution < 1.29 is 4.74 Å². The van der Waals surface area contributed by atoms with E-state index in [-0.39, 0.29) is 0 Å². The van der Waals surface area contributed by atoms with Gasteiger partial charge >= 0.3 is 0 Å². The molecule has 1 fully saturated rings. The fraction of sp³-hybridized carbons (Fsp3) is 0.357. The Kier molecular flexibility index (Phi) is 3.10. The summed E-state index contributed by atoms with van der Waals surface area (Å²) in [7, 11) is 0. The minimum absolute atomic E-state index is 0.769. The molecule has 0 spiro atoms. The molecular weight excluding hydrogens is 248 g/mol. The molecule has 0 aliphatic carbocycles. The number of ether oxygens (including phenoxy) is 1. The van der Waals surface area contributed by atoms with Crippen LogP contribution in [0.3, 0.4) is 0 Å². The average molecular weight is 263 g/mol. The van der Waals surface area contributed by atoms with Crippen molar-refractivity contribution in [3.63, 3.8) is 0 Å². The molecule has 2 aromatic rings. The Morgan fingerprint density at radius 2 is 2.00 bits per heavy atom. The molecule has 0 bridgehead atoms. The number of hydrogen-bond donors (Lipinski definition) is 0. The number of halogens is 1. The maximum absolute atomic E-state index is 6.23. The highest BCUT2D eigenvalue weighted by Crippen LogP contribution is 2.27. The van der Waals surface area contributed by atoms with E-state index in [1.807, 2.05) is 13.0 Å². The summed E-state index contributed by atoms with van der Waals surface area (Å²) in [6, 6.07) is 8.17. The van der Waals surface area contributed by atoms with Crippen molar-refractivity contribution >= 4 is 28.2 Å². The number of aromatic nitrogens is 1. The highest BCUT2D eigenvalue weighted by atomic mass is 35.5. The molecule has 18 heavy (non-hydrogen) atoms. The van der Waals surface area contributed by atoms with Gasteiger partial charge in [-0.05, 0) is 31.2 Å². The lowest BCUT2D eigenvalue weighted by Gasteiger charge is -2.29. The topological polar surface area (TPSA) is 25.4 Å². The SMILES string of the molecule is Cc1cc(Cl)c2ccc(N3CCOCC3)cc2n1. The monoisotopic (exact) mass is 262 g/mol. The van der Waals surface area contributed by atoms with Gasteiger partial charge in [-0.25, -0.2) is 0 Å². The highest BCUT2D eigenvalue weighted by Gasteiger charge is 2.12. The number of aryl methyl sites for hydroxylation is 1. The third-order valence-corrected chi connectivity index (χ3v) is 3.56. The first kappa shape index (κ1) is 11.8. The van der Waals surface area contributed by atoms with Gasteiger partial charge in [0, 0.05) is 29.9 Å². The number of fused-ring (bicyclic) bond motifs is 1. The van der Waals surface area contributed by atoms with Gasteiger partial charge in [0.05, 0.1) is 23.8 Å². The van der Waals surface area contributed by atoms with Crippen LogP contribution in [0.5, 0.6) is 0 Å². The van der Waals surface area contributed by atoms with E-state index >= 15 is 0 Å². The van der Waals surface area contributed by atoms with E-state index in [1.165, 1.54) is 5.69 Å². The van der Waals surface area contributed by atoms with Crippen molar-refractivity contribution in [3.8, 4) is 0 Å². The first-order valence-corrected chi connectivity index (χ1v) is 6.51. The second-order valence-electron chi connectivity index (χ2n) is 4.55. The Morgan fingerprint density at radius 1 is 1.22 bits per heavy atom. The molecule has 0 saturated carbocycles. The fourth-order valence-electron chi connectivity index (χ4n) is 2.32. The van der Waals surface area contributed by atoms with Crippen molar-refractivity contribution in [1.82, 2.24) is 4.98 Å². The standard InChI is InChI=1S/C14H15ClN2O/c1-10-8-13(15)12-3-2-11(9-14(12)16-10)17-4-6-18-7-5-17/h2-3,8-9H,4-7H2,1H3. The Balaban J connectivity index is 2.04. The van der Waals surface area contributed by atoms with E-state index in [0.29, 0.717) is 0 Å². The second kappa shape index (κ2) is 4.75. The quantitative estimate of drug-likeness (QED) is 0.790. The zero-order valence-corrected chi connectivity index (χ0v) is 11.1. The number of anilines is 1. The van der Waals surface area contributed by atoms with E-state index < -0.39 is 0 Å². The highest BCUT2D eigenvalue weighted by molar-refractivity contribution is 6.35. The van der Waals surface area contributed by atoms with E-state index in [0.717, 1.165) is 47.9 Å². The number of hydrogen-bond acceptors (Lipinski definition) is 3. The summed E-state index contributed by atoms with van der Waals surface area (Å²) in [5, 5.41) is 1.78. The van der Waals surface area contributed by atoms with Gasteiger partial charge in [-0.1, -0.05) is 11.6 Å². The van der Waals surface area contributed by atoms with Crippen molar-refractivity contribution in [3.05, 3.63) is 35.0 Å².